The number of benzene rings is 2. The number of H-pyrrole nitrogens is 1. The molecular formula is C23H20ClN3O2. The molecule has 29 heavy (non-hydrogen) atoms. The minimum absolute atomic E-state index is 0. The van der Waals surface area contributed by atoms with Gasteiger partial charge < -0.3 is 9.55 Å². The number of para-hydroxylation sites is 2. The van der Waals surface area contributed by atoms with Crippen molar-refractivity contribution in [3.8, 4) is 0 Å². The molecule has 2 amide bonds. The standard InChI is InChI=1S/C23H19N3O2.ClH/c27-22-19(16-11-24-18-9-2-1-7-14(16)18)20(23(28)25-22)17-12-26-10-4-6-13-5-3-8-15(17)21(13)26;/h1-3,5,7-9,11-12,19-20,24H,4,6,10H2,(H,25,27,28);1H/t19-,20-;/m0./s1. The van der Waals surface area contributed by atoms with Crippen LogP contribution in [0.15, 0.2) is 54.9 Å². The summed E-state index contributed by atoms with van der Waals surface area (Å²) in [5, 5.41) is 4.68. The molecular weight excluding hydrogens is 386 g/mol. The maximum absolute atomic E-state index is 12.9. The molecule has 0 bridgehead atoms. The third kappa shape index (κ3) is 2.47. The van der Waals surface area contributed by atoms with Crippen LogP contribution in [0.4, 0.5) is 0 Å². The van der Waals surface area contributed by atoms with Crippen LogP contribution in [0.5, 0.6) is 0 Å². The molecule has 0 spiro atoms. The van der Waals surface area contributed by atoms with E-state index >= 15 is 0 Å². The van der Waals surface area contributed by atoms with Gasteiger partial charge in [0.15, 0.2) is 0 Å². The highest BCUT2D eigenvalue weighted by Crippen LogP contribution is 2.44. The normalized spacial score (nSPS) is 20.8. The zero-order valence-corrected chi connectivity index (χ0v) is 16.5. The summed E-state index contributed by atoms with van der Waals surface area (Å²) in [7, 11) is 0. The average Bonchev–Trinajstić information content (AvgIpc) is 3.37. The molecule has 0 saturated carbocycles. The number of aromatic nitrogens is 2. The van der Waals surface area contributed by atoms with Gasteiger partial charge in [0.25, 0.3) is 0 Å². The molecule has 2 aliphatic rings. The van der Waals surface area contributed by atoms with Gasteiger partial charge in [0.1, 0.15) is 0 Å². The number of hydrogen-bond acceptors (Lipinski definition) is 2. The minimum atomic E-state index is -0.521. The van der Waals surface area contributed by atoms with Gasteiger partial charge in [-0.15, -0.1) is 12.4 Å². The lowest BCUT2D eigenvalue weighted by molar-refractivity contribution is -0.125. The van der Waals surface area contributed by atoms with E-state index in [9.17, 15) is 9.59 Å². The van der Waals surface area contributed by atoms with Crippen molar-refractivity contribution in [2.24, 2.45) is 0 Å². The second-order valence-corrected chi connectivity index (χ2v) is 7.79. The van der Waals surface area contributed by atoms with Crippen molar-refractivity contribution in [2.45, 2.75) is 31.2 Å². The number of aryl methyl sites for hydroxylation is 2. The predicted molar refractivity (Wildman–Crippen MR) is 114 cm³/mol. The Kier molecular flexibility index (Phi) is 4.03. The lowest BCUT2D eigenvalue weighted by Crippen LogP contribution is -2.21. The monoisotopic (exact) mass is 405 g/mol. The van der Waals surface area contributed by atoms with E-state index in [1.54, 1.807) is 0 Å². The molecule has 6 rings (SSSR count). The van der Waals surface area contributed by atoms with Gasteiger partial charge in [-0.1, -0.05) is 36.4 Å². The number of aromatic amines is 1. The summed E-state index contributed by atoms with van der Waals surface area (Å²) < 4.78 is 2.26. The fourth-order valence-corrected chi connectivity index (χ4v) is 5.10. The van der Waals surface area contributed by atoms with Crippen molar-refractivity contribution >= 4 is 46.0 Å². The second-order valence-electron chi connectivity index (χ2n) is 7.79. The van der Waals surface area contributed by atoms with Crippen molar-refractivity contribution in [3.63, 3.8) is 0 Å². The molecule has 0 radical (unpaired) electrons. The SMILES string of the molecule is Cl.O=C1NC(=O)[C@@H](c2cn3c4c(cccc24)CCC3)[C@@H]1c1c[nH]c2ccccc12. The number of nitrogens with one attached hydrogen (secondary N) is 2. The third-order valence-electron chi connectivity index (χ3n) is 6.29. The fraction of sp³-hybridized carbons (Fsp3) is 0.217. The molecule has 1 fully saturated rings. The van der Waals surface area contributed by atoms with Crippen molar-refractivity contribution in [3.05, 3.63) is 71.5 Å². The molecule has 2 aromatic carbocycles. The Labute approximate surface area is 173 Å². The Morgan fingerprint density at radius 3 is 2.52 bits per heavy atom. The molecule has 2 N–H and O–H groups in total. The first-order valence-electron chi connectivity index (χ1n) is 9.74. The van der Waals surface area contributed by atoms with E-state index in [0.29, 0.717) is 0 Å². The van der Waals surface area contributed by atoms with Crippen LogP contribution in [0.3, 0.4) is 0 Å². The summed E-state index contributed by atoms with van der Waals surface area (Å²) >= 11 is 0. The molecule has 1 saturated heterocycles. The van der Waals surface area contributed by atoms with Gasteiger partial charge >= 0.3 is 0 Å². The van der Waals surface area contributed by atoms with Crippen LogP contribution in [-0.2, 0) is 22.6 Å². The Morgan fingerprint density at radius 1 is 0.897 bits per heavy atom. The number of hydrogen-bond donors (Lipinski definition) is 2. The lowest BCUT2D eigenvalue weighted by atomic mass is 9.83. The largest absolute Gasteiger partial charge is 0.361 e. The maximum Gasteiger partial charge on any atom is 0.235 e. The van der Waals surface area contributed by atoms with Crippen molar-refractivity contribution < 1.29 is 9.59 Å². The van der Waals surface area contributed by atoms with Crippen LogP contribution in [0.2, 0.25) is 0 Å². The summed E-state index contributed by atoms with van der Waals surface area (Å²) in [4.78, 5) is 29.0. The lowest BCUT2D eigenvalue weighted by Gasteiger charge is -2.15. The summed E-state index contributed by atoms with van der Waals surface area (Å²) in [6.07, 6.45) is 6.13. The Hall–Kier alpha value is -3.05. The highest BCUT2D eigenvalue weighted by Gasteiger charge is 2.45. The van der Waals surface area contributed by atoms with Gasteiger partial charge in [0, 0.05) is 35.2 Å². The van der Waals surface area contributed by atoms with Gasteiger partial charge in [-0.25, -0.2) is 0 Å². The van der Waals surface area contributed by atoms with Gasteiger partial charge in [-0.05, 0) is 35.6 Å². The number of halogens is 1. The first-order chi connectivity index (χ1) is 13.7. The molecule has 146 valence electrons. The summed E-state index contributed by atoms with van der Waals surface area (Å²) in [5.41, 5.74) is 5.36. The molecule has 0 aliphatic carbocycles. The van der Waals surface area contributed by atoms with Gasteiger partial charge in [0.05, 0.1) is 17.4 Å². The number of fused-ring (bicyclic) bond motifs is 1. The van der Waals surface area contributed by atoms with Crippen LogP contribution < -0.4 is 5.32 Å². The smallest absolute Gasteiger partial charge is 0.235 e. The van der Waals surface area contributed by atoms with Crippen LogP contribution >= 0.6 is 12.4 Å². The second kappa shape index (κ2) is 6.49. The van der Waals surface area contributed by atoms with Gasteiger partial charge in [-0.2, -0.15) is 0 Å². The number of amides is 2. The molecule has 6 heteroatoms. The van der Waals surface area contributed by atoms with Crippen molar-refractivity contribution in [1.29, 1.82) is 0 Å². The number of imide groups is 1. The van der Waals surface area contributed by atoms with Crippen LogP contribution in [0.25, 0.3) is 21.8 Å². The topological polar surface area (TPSA) is 66.9 Å². The summed E-state index contributed by atoms with van der Waals surface area (Å²) in [5.74, 6) is -1.45. The number of carbonyl (C=O) groups excluding carboxylic acids is 2. The molecule has 2 atom stereocenters. The first-order valence-corrected chi connectivity index (χ1v) is 9.74. The zero-order valence-electron chi connectivity index (χ0n) is 15.6. The molecule has 2 aromatic heterocycles. The van der Waals surface area contributed by atoms with E-state index in [2.05, 4.69) is 39.3 Å². The van der Waals surface area contributed by atoms with Crippen molar-refractivity contribution in [2.75, 3.05) is 0 Å². The maximum atomic E-state index is 12.9. The van der Waals surface area contributed by atoms with E-state index in [1.165, 1.54) is 11.1 Å². The zero-order chi connectivity index (χ0) is 18.8. The molecule has 4 heterocycles. The third-order valence-corrected chi connectivity index (χ3v) is 6.29. The number of rotatable bonds is 2. The number of carbonyl (C=O) groups is 2. The Morgan fingerprint density at radius 2 is 1.66 bits per heavy atom. The van der Waals surface area contributed by atoms with E-state index in [4.69, 9.17) is 0 Å². The highest BCUT2D eigenvalue weighted by atomic mass is 35.5. The highest BCUT2D eigenvalue weighted by molar-refractivity contribution is 6.13. The fourth-order valence-electron chi connectivity index (χ4n) is 5.10. The summed E-state index contributed by atoms with van der Waals surface area (Å²) in [6.45, 7) is 0.952. The van der Waals surface area contributed by atoms with E-state index < -0.39 is 11.8 Å². The molecule has 5 nitrogen and oxygen atoms in total. The molecule has 0 unspecified atom stereocenters. The minimum Gasteiger partial charge on any atom is -0.361 e. The Bertz CT molecular complexity index is 1290. The van der Waals surface area contributed by atoms with Gasteiger partial charge in [-0.3, -0.25) is 14.9 Å². The molecule has 4 aromatic rings. The van der Waals surface area contributed by atoms with Crippen LogP contribution in [0.1, 0.15) is 34.9 Å². The van der Waals surface area contributed by atoms with E-state index in [0.717, 1.165) is 46.8 Å². The number of nitrogens with zero attached hydrogens (tertiary/aromatic N) is 1. The van der Waals surface area contributed by atoms with E-state index in [-0.39, 0.29) is 24.2 Å². The van der Waals surface area contributed by atoms with Crippen LogP contribution in [-0.4, -0.2) is 21.4 Å². The molecule has 2 aliphatic heterocycles. The quantitative estimate of drug-likeness (QED) is 0.495. The predicted octanol–water partition coefficient (Wildman–Crippen LogP) is 4.01. The van der Waals surface area contributed by atoms with E-state index in [1.807, 2.05) is 30.5 Å². The van der Waals surface area contributed by atoms with Crippen LogP contribution in [0, 0.1) is 0 Å². The van der Waals surface area contributed by atoms with Crippen molar-refractivity contribution in [1.82, 2.24) is 14.9 Å². The summed E-state index contributed by atoms with van der Waals surface area (Å²) in [6, 6.07) is 14.2. The Balaban J connectivity index is 0.00000181. The van der Waals surface area contributed by atoms with Gasteiger partial charge in [0.2, 0.25) is 11.8 Å². The average molecular weight is 406 g/mol. The first kappa shape index (κ1) is 18.0.